The molecule has 0 atom stereocenters. The molecule has 1 aromatic carbocycles. The molecule has 3 rings (SSSR count). The molecular weight excluding hydrogens is 380 g/mol. The van der Waals surface area contributed by atoms with E-state index >= 15 is 0 Å². The van der Waals surface area contributed by atoms with Crippen LogP contribution in [-0.2, 0) is 4.79 Å². The van der Waals surface area contributed by atoms with E-state index in [1.165, 1.54) is 23.9 Å². The van der Waals surface area contributed by atoms with Crippen molar-refractivity contribution in [3.63, 3.8) is 0 Å². The van der Waals surface area contributed by atoms with Crippen molar-refractivity contribution in [3.8, 4) is 11.6 Å². The summed E-state index contributed by atoms with van der Waals surface area (Å²) in [6, 6.07) is 9.92. The summed E-state index contributed by atoms with van der Waals surface area (Å²) in [6.07, 6.45) is 2.97. The van der Waals surface area contributed by atoms with Gasteiger partial charge in [0.25, 0.3) is 11.6 Å². The molecule has 0 saturated carbocycles. The van der Waals surface area contributed by atoms with E-state index in [-0.39, 0.29) is 17.5 Å². The molecule has 0 unspecified atom stereocenters. The smallest absolute Gasteiger partial charge is 0.287 e. The Morgan fingerprint density at radius 3 is 2.57 bits per heavy atom. The van der Waals surface area contributed by atoms with Gasteiger partial charge in [-0.05, 0) is 49.4 Å². The third kappa shape index (κ3) is 4.37. The number of carbonyl (C=O) groups excluding carboxylic acids is 1. The average molecular weight is 398 g/mol. The highest BCUT2D eigenvalue weighted by atomic mass is 32.2. The van der Waals surface area contributed by atoms with Gasteiger partial charge in [0.2, 0.25) is 5.88 Å². The Bertz CT molecular complexity index is 939. The van der Waals surface area contributed by atoms with Crippen molar-refractivity contribution >= 4 is 34.6 Å². The van der Waals surface area contributed by atoms with E-state index in [1.807, 2.05) is 32.1 Å². The summed E-state index contributed by atoms with van der Waals surface area (Å²) < 4.78 is 5.59. The number of benzene rings is 1. The fourth-order valence-corrected chi connectivity index (χ4v) is 3.59. The third-order valence-corrected chi connectivity index (χ3v) is 4.87. The lowest BCUT2D eigenvalue weighted by molar-refractivity contribution is -0.385. The van der Waals surface area contributed by atoms with Crippen LogP contribution in [0.5, 0.6) is 11.6 Å². The number of nitrogens with zero attached hydrogens (tertiary/aromatic N) is 4. The number of hydrogen-bond donors (Lipinski definition) is 0. The minimum atomic E-state index is -0.516. The lowest BCUT2D eigenvalue weighted by Gasteiger charge is -2.11. The highest BCUT2D eigenvalue weighted by Crippen LogP contribution is 2.32. The molecule has 0 radical (unpaired) electrons. The van der Waals surface area contributed by atoms with Gasteiger partial charge in [0.1, 0.15) is 11.9 Å². The first kappa shape index (κ1) is 19.6. The number of likely N-dealkylation sites (N-methyl/N-ethyl adjacent to an activating group) is 1. The van der Waals surface area contributed by atoms with Crippen LogP contribution in [0.25, 0.3) is 6.08 Å². The highest BCUT2D eigenvalue weighted by molar-refractivity contribution is 8.18. The lowest BCUT2D eigenvalue weighted by Crippen LogP contribution is -2.28. The van der Waals surface area contributed by atoms with Gasteiger partial charge >= 0.3 is 0 Å². The van der Waals surface area contributed by atoms with Gasteiger partial charge in [0.15, 0.2) is 5.17 Å². The zero-order chi connectivity index (χ0) is 20.1. The summed E-state index contributed by atoms with van der Waals surface area (Å²) in [5, 5.41) is 11.4. The van der Waals surface area contributed by atoms with Crippen LogP contribution < -0.4 is 4.74 Å². The predicted molar refractivity (Wildman–Crippen MR) is 108 cm³/mol. The summed E-state index contributed by atoms with van der Waals surface area (Å²) in [5.74, 6) is 0.754. The first-order valence-corrected chi connectivity index (χ1v) is 9.47. The Morgan fingerprint density at radius 2 is 2.00 bits per heavy atom. The third-order valence-electron chi connectivity index (χ3n) is 3.83. The molecule has 1 aliphatic rings. The van der Waals surface area contributed by atoms with E-state index in [1.54, 1.807) is 17.0 Å². The average Bonchev–Trinajstić information content (AvgIpc) is 2.98. The molecule has 9 heteroatoms. The second-order valence-corrected chi connectivity index (χ2v) is 6.71. The largest absolute Gasteiger partial charge is 0.439 e. The maximum atomic E-state index is 12.5. The summed E-state index contributed by atoms with van der Waals surface area (Å²) in [4.78, 5) is 33.2. The van der Waals surface area contributed by atoms with Crippen molar-refractivity contribution in [2.24, 2.45) is 4.99 Å². The summed E-state index contributed by atoms with van der Waals surface area (Å²) in [6.45, 7) is 5.07. The van der Waals surface area contributed by atoms with E-state index in [2.05, 4.69) is 9.98 Å². The number of hydrogen-bond acceptors (Lipinski definition) is 7. The number of aromatic nitrogens is 1. The Labute approximate surface area is 166 Å². The minimum Gasteiger partial charge on any atom is -0.439 e. The molecule has 0 N–H and O–H groups in total. The quantitative estimate of drug-likeness (QED) is 0.413. The predicted octanol–water partition coefficient (Wildman–Crippen LogP) is 4.09. The fourth-order valence-electron chi connectivity index (χ4n) is 2.49. The number of pyridine rings is 1. The van der Waals surface area contributed by atoms with Crippen molar-refractivity contribution in [2.45, 2.75) is 13.8 Å². The van der Waals surface area contributed by atoms with Crippen molar-refractivity contribution in [3.05, 3.63) is 63.2 Å². The second-order valence-electron chi connectivity index (χ2n) is 5.70. The molecule has 1 aromatic heterocycles. The van der Waals surface area contributed by atoms with Crippen LogP contribution in [0.15, 0.2) is 52.5 Å². The SMILES string of the molecule is CCN=C1S/C(=C\c2ccc(Oc3ccc([N+](=O)[O-])cn3)cc2)C(=O)N1CC. The summed E-state index contributed by atoms with van der Waals surface area (Å²) >= 11 is 1.37. The zero-order valence-corrected chi connectivity index (χ0v) is 16.2. The van der Waals surface area contributed by atoms with Gasteiger partial charge in [-0.2, -0.15) is 0 Å². The first-order valence-electron chi connectivity index (χ1n) is 8.66. The molecule has 1 saturated heterocycles. The molecule has 144 valence electrons. The Morgan fingerprint density at radius 1 is 1.25 bits per heavy atom. The van der Waals surface area contributed by atoms with E-state index in [9.17, 15) is 14.9 Å². The highest BCUT2D eigenvalue weighted by Gasteiger charge is 2.31. The first-order chi connectivity index (χ1) is 13.5. The van der Waals surface area contributed by atoms with E-state index in [0.29, 0.717) is 23.7 Å². The van der Waals surface area contributed by atoms with Crippen LogP contribution in [0.2, 0.25) is 0 Å². The van der Waals surface area contributed by atoms with Crippen molar-refractivity contribution < 1.29 is 14.5 Å². The number of rotatable bonds is 6. The van der Waals surface area contributed by atoms with Crippen molar-refractivity contribution in [1.82, 2.24) is 9.88 Å². The Kier molecular flexibility index (Phi) is 6.05. The molecule has 8 nitrogen and oxygen atoms in total. The summed E-state index contributed by atoms with van der Waals surface area (Å²) in [5.41, 5.74) is 0.758. The topological polar surface area (TPSA) is 97.9 Å². The number of amides is 1. The van der Waals surface area contributed by atoms with Gasteiger partial charge in [-0.15, -0.1) is 0 Å². The number of aliphatic imine (C=N–C) groups is 1. The van der Waals surface area contributed by atoms with Gasteiger partial charge < -0.3 is 4.74 Å². The van der Waals surface area contributed by atoms with Crippen molar-refractivity contribution in [1.29, 1.82) is 0 Å². The normalized spacial score (nSPS) is 16.8. The van der Waals surface area contributed by atoms with E-state index < -0.39 is 4.92 Å². The molecule has 1 fully saturated rings. The van der Waals surface area contributed by atoms with Gasteiger partial charge in [-0.25, -0.2) is 4.98 Å². The molecule has 0 aliphatic carbocycles. The molecule has 1 amide bonds. The second kappa shape index (κ2) is 8.66. The molecule has 2 aromatic rings. The number of carbonyl (C=O) groups is 1. The minimum absolute atomic E-state index is 0.0462. The number of amidine groups is 1. The maximum absolute atomic E-state index is 12.5. The molecule has 28 heavy (non-hydrogen) atoms. The number of nitro groups is 1. The van der Waals surface area contributed by atoms with Crippen LogP contribution in [0.3, 0.4) is 0 Å². The Hall–Kier alpha value is -3.20. The maximum Gasteiger partial charge on any atom is 0.287 e. The fraction of sp³-hybridized carbons (Fsp3) is 0.211. The summed E-state index contributed by atoms with van der Waals surface area (Å²) in [7, 11) is 0. The number of ether oxygens (including phenoxy) is 1. The van der Waals surface area contributed by atoms with Gasteiger partial charge in [-0.1, -0.05) is 12.1 Å². The molecular formula is C19H18N4O4S. The van der Waals surface area contributed by atoms with Crippen molar-refractivity contribution in [2.75, 3.05) is 13.1 Å². The lowest BCUT2D eigenvalue weighted by atomic mass is 10.2. The van der Waals surface area contributed by atoms with E-state index in [0.717, 1.165) is 16.9 Å². The van der Waals surface area contributed by atoms with Crippen LogP contribution in [-0.4, -0.2) is 39.0 Å². The van der Waals surface area contributed by atoms with Gasteiger partial charge in [0.05, 0.1) is 9.83 Å². The molecule has 0 bridgehead atoms. The zero-order valence-electron chi connectivity index (χ0n) is 15.4. The monoisotopic (exact) mass is 398 g/mol. The van der Waals surface area contributed by atoms with Gasteiger partial charge in [-0.3, -0.25) is 24.8 Å². The molecule has 2 heterocycles. The van der Waals surface area contributed by atoms with Gasteiger partial charge in [0, 0.05) is 25.2 Å². The van der Waals surface area contributed by atoms with Crippen LogP contribution >= 0.6 is 11.8 Å². The van der Waals surface area contributed by atoms with Crippen LogP contribution in [0, 0.1) is 10.1 Å². The number of thioether (sulfide) groups is 1. The van der Waals surface area contributed by atoms with Crippen LogP contribution in [0.1, 0.15) is 19.4 Å². The molecule has 1 aliphatic heterocycles. The van der Waals surface area contributed by atoms with E-state index in [4.69, 9.17) is 4.74 Å². The van der Waals surface area contributed by atoms with Crippen LogP contribution in [0.4, 0.5) is 5.69 Å². The molecule has 0 spiro atoms. The Balaban J connectivity index is 1.72. The standard InChI is InChI=1S/C19H18N4O4S/c1-3-20-19-22(4-2)18(24)16(28-19)11-13-5-8-15(9-6-13)27-17-10-7-14(12-21-17)23(25)26/h5-12H,3-4H2,1-2H3/b16-11-,20-19?.